The van der Waals surface area contributed by atoms with Gasteiger partial charge in [0.05, 0.1) is 12.7 Å². The Kier molecular flexibility index (Phi) is 2.43. The lowest BCUT2D eigenvalue weighted by molar-refractivity contribution is -0.161. The summed E-state index contributed by atoms with van der Waals surface area (Å²) in [4.78, 5) is 12.1. The van der Waals surface area contributed by atoms with Gasteiger partial charge in [-0.1, -0.05) is 12.2 Å². The maximum Gasteiger partial charge on any atom is 0.141 e. The first-order chi connectivity index (χ1) is 7.65. The molecule has 0 amide bonds. The average molecular weight is 220 g/mol. The highest BCUT2D eigenvalue weighted by Gasteiger charge is 2.53. The quantitative estimate of drug-likeness (QED) is 0.683. The van der Waals surface area contributed by atoms with Crippen LogP contribution in [0.3, 0.4) is 0 Å². The Morgan fingerprint density at radius 2 is 2.19 bits per heavy atom. The van der Waals surface area contributed by atoms with Crippen molar-refractivity contribution >= 4 is 5.78 Å². The molecule has 0 N–H and O–H groups in total. The Labute approximate surface area is 97.1 Å². The first-order valence-corrected chi connectivity index (χ1v) is 6.45. The number of ketones is 1. The van der Waals surface area contributed by atoms with Gasteiger partial charge >= 0.3 is 0 Å². The number of hydrogen-bond donors (Lipinski definition) is 0. The van der Waals surface area contributed by atoms with E-state index in [4.69, 9.17) is 4.74 Å². The summed E-state index contributed by atoms with van der Waals surface area (Å²) >= 11 is 0. The highest BCUT2D eigenvalue weighted by atomic mass is 16.5. The number of carbonyl (C=O) groups is 1. The van der Waals surface area contributed by atoms with E-state index in [2.05, 4.69) is 6.58 Å². The van der Waals surface area contributed by atoms with Crippen molar-refractivity contribution in [2.24, 2.45) is 23.7 Å². The van der Waals surface area contributed by atoms with Crippen LogP contribution >= 0.6 is 0 Å². The van der Waals surface area contributed by atoms with Crippen LogP contribution in [0.25, 0.3) is 0 Å². The molecule has 0 aromatic heterocycles. The molecule has 5 atom stereocenters. The van der Waals surface area contributed by atoms with Crippen molar-refractivity contribution in [2.45, 2.75) is 38.7 Å². The lowest BCUT2D eigenvalue weighted by Gasteiger charge is -2.52. The number of rotatable bonds is 3. The lowest BCUT2D eigenvalue weighted by Crippen LogP contribution is -2.54. The van der Waals surface area contributed by atoms with E-state index in [1.165, 1.54) is 12.8 Å². The van der Waals surface area contributed by atoms with E-state index in [-0.39, 0.29) is 12.0 Å². The molecule has 88 valence electrons. The Morgan fingerprint density at radius 1 is 1.38 bits per heavy atom. The Balaban J connectivity index is 1.75. The molecule has 4 rings (SSSR count). The maximum absolute atomic E-state index is 12.1. The van der Waals surface area contributed by atoms with Crippen molar-refractivity contribution < 1.29 is 9.53 Å². The van der Waals surface area contributed by atoms with Gasteiger partial charge in [0, 0.05) is 11.8 Å². The maximum atomic E-state index is 12.1. The Morgan fingerprint density at radius 3 is 2.94 bits per heavy atom. The number of ether oxygens (including phenoxy) is 1. The molecule has 4 aliphatic carbocycles. The third-order valence-corrected chi connectivity index (χ3v) is 4.58. The predicted octanol–water partition coefficient (Wildman–Crippen LogP) is 2.58. The first kappa shape index (κ1) is 10.5. The second-order valence-electron chi connectivity index (χ2n) is 6.01. The summed E-state index contributed by atoms with van der Waals surface area (Å²) in [7, 11) is 0. The van der Waals surface area contributed by atoms with Crippen LogP contribution in [0.2, 0.25) is 0 Å². The van der Waals surface area contributed by atoms with Crippen LogP contribution in [-0.4, -0.2) is 18.5 Å². The van der Waals surface area contributed by atoms with Gasteiger partial charge in [-0.05, 0) is 44.4 Å². The summed E-state index contributed by atoms with van der Waals surface area (Å²) in [6.07, 6.45) is 4.84. The molecule has 4 aliphatic rings. The SMILES string of the molecule is C=C(C)COC1C2CC3CC(C2)C(=O)C1C3. The van der Waals surface area contributed by atoms with Crippen molar-refractivity contribution in [1.29, 1.82) is 0 Å². The minimum absolute atomic E-state index is 0.206. The monoisotopic (exact) mass is 220 g/mol. The molecule has 16 heavy (non-hydrogen) atoms. The third kappa shape index (κ3) is 1.55. The Bertz CT molecular complexity index is 334. The van der Waals surface area contributed by atoms with Crippen molar-refractivity contribution in [3.8, 4) is 0 Å². The first-order valence-electron chi connectivity index (χ1n) is 6.45. The zero-order chi connectivity index (χ0) is 11.3. The molecule has 0 aromatic carbocycles. The second kappa shape index (κ2) is 3.69. The molecular weight excluding hydrogens is 200 g/mol. The molecule has 4 bridgehead atoms. The molecule has 0 radical (unpaired) electrons. The van der Waals surface area contributed by atoms with E-state index >= 15 is 0 Å². The molecule has 0 saturated heterocycles. The van der Waals surface area contributed by atoms with Gasteiger partial charge in [-0.25, -0.2) is 0 Å². The summed E-state index contributed by atoms with van der Waals surface area (Å²) in [6.45, 7) is 6.48. The molecule has 5 unspecified atom stereocenters. The molecule has 4 saturated carbocycles. The zero-order valence-corrected chi connectivity index (χ0v) is 9.95. The van der Waals surface area contributed by atoms with Crippen molar-refractivity contribution in [2.75, 3.05) is 6.61 Å². The largest absolute Gasteiger partial charge is 0.373 e. The van der Waals surface area contributed by atoms with Gasteiger partial charge in [0.15, 0.2) is 0 Å². The summed E-state index contributed by atoms with van der Waals surface area (Å²) in [6, 6.07) is 0. The molecule has 0 aliphatic heterocycles. The van der Waals surface area contributed by atoms with E-state index in [9.17, 15) is 4.79 Å². The second-order valence-corrected chi connectivity index (χ2v) is 6.01. The normalized spacial score (nSPS) is 45.1. The van der Waals surface area contributed by atoms with Crippen LogP contribution in [0.1, 0.15) is 32.6 Å². The number of carbonyl (C=O) groups excluding carboxylic acids is 1. The fourth-order valence-electron chi connectivity index (χ4n) is 4.07. The molecule has 0 heterocycles. The molecule has 0 spiro atoms. The number of Topliss-reactive ketones (excluding diaryl/α,β-unsaturated/α-hetero) is 1. The van der Waals surface area contributed by atoms with E-state index in [0.717, 1.165) is 24.3 Å². The summed E-state index contributed by atoms with van der Waals surface area (Å²) < 4.78 is 5.93. The fraction of sp³-hybridized carbons (Fsp3) is 0.786. The van der Waals surface area contributed by atoms with Gasteiger partial charge in [-0.2, -0.15) is 0 Å². The lowest BCUT2D eigenvalue weighted by atomic mass is 9.54. The molecule has 2 nitrogen and oxygen atoms in total. The summed E-state index contributed by atoms with van der Waals surface area (Å²) in [5.74, 6) is 2.57. The highest BCUT2D eigenvalue weighted by Crippen LogP contribution is 2.52. The van der Waals surface area contributed by atoms with Crippen LogP contribution in [-0.2, 0) is 9.53 Å². The van der Waals surface area contributed by atoms with Gasteiger partial charge in [0.2, 0.25) is 0 Å². The van der Waals surface area contributed by atoms with E-state index < -0.39 is 0 Å². The fourth-order valence-corrected chi connectivity index (χ4v) is 4.07. The summed E-state index contributed by atoms with van der Waals surface area (Å²) in [5, 5.41) is 0. The topological polar surface area (TPSA) is 26.3 Å². The van der Waals surface area contributed by atoms with Crippen LogP contribution < -0.4 is 0 Å². The van der Waals surface area contributed by atoms with E-state index in [1.807, 2.05) is 6.92 Å². The molecule has 2 heteroatoms. The minimum atomic E-state index is 0.206. The summed E-state index contributed by atoms with van der Waals surface area (Å²) in [5.41, 5.74) is 1.06. The average Bonchev–Trinajstić information content (AvgIpc) is 2.23. The van der Waals surface area contributed by atoms with Gasteiger partial charge in [-0.15, -0.1) is 0 Å². The van der Waals surface area contributed by atoms with Crippen LogP contribution in [0.4, 0.5) is 0 Å². The van der Waals surface area contributed by atoms with Crippen LogP contribution in [0.5, 0.6) is 0 Å². The van der Waals surface area contributed by atoms with Gasteiger partial charge in [0.25, 0.3) is 0 Å². The molecule has 4 fully saturated rings. The number of hydrogen-bond acceptors (Lipinski definition) is 2. The van der Waals surface area contributed by atoms with Gasteiger partial charge in [-0.3, -0.25) is 4.79 Å². The smallest absolute Gasteiger partial charge is 0.141 e. The predicted molar refractivity (Wildman–Crippen MR) is 62.0 cm³/mol. The molecule has 0 aromatic rings. The van der Waals surface area contributed by atoms with E-state index in [0.29, 0.717) is 24.2 Å². The van der Waals surface area contributed by atoms with Crippen molar-refractivity contribution in [3.63, 3.8) is 0 Å². The van der Waals surface area contributed by atoms with E-state index in [1.54, 1.807) is 0 Å². The van der Waals surface area contributed by atoms with Crippen LogP contribution in [0, 0.1) is 23.7 Å². The zero-order valence-electron chi connectivity index (χ0n) is 9.95. The van der Waals surface area contributed by atoms with Gasteiger partial charge < -0.3 is 4.74 Å². The van der Waals surface area contributed by atoms with Crippen molar-refractivity contribution in [3.05, 3.63) is 12.2 Å². The molecular formula is C14H20O2. The highest BCUT2D eigenvalue weighted by molar-refractivity contribution is 5.86. The van der Waals surface area contributed by atoms with Crippen molar-refractivity contribution in [1.82, 2.24) is 0 Å². The minimum Gasteiger partial charge on any atom is -0.373 e. The Hall–Kier alpha value is -0.630. The van der Waals surface area contributed by atoms with Gasteiger partial charge in [0.1, 0.15) is 5.78 Å². The third-order valence-electron chi connectivity index (χ3n) is 4.58. The van der Waals surface area contributed by atoms with Crippen LogP contribution in [0.15, 0.2) is 12.2 Å². The standard InChI is InChI=1S/C14H20O2/c1-8(2)7-16-14-11-4-9-3-10(6-11)13(15)12(14)5-9/h9-12,14H,1,3-7H2,2H3.